The van der Waals surface area contributed by atoms with Crippen molar-refractivity contribution in [3.05, 3.63) is 59.2 Å². The monoisotopic (exact) mass is 538 g/mol. The summed E-state index contributed by atoms with van der Waals surface area (Å²) in [5.74, 6) is -0.596. The maximum Gasteiger partial charge on any atom is 0.353 e. The Balaban J connectivity index is 0.000000216. The van der Waals surface area contributed by atoms with Crippen molar-refractivity contribution in [2.75, 3.05) is 0 Å². The number of phenolic OH excluding ortho intramolecular Hbond substituents is 1. The molecule has 2 aromatic rings. The molecule has 1 aliphatic carbocycles. The van der Waals surface area contributed by atoms with Crippen molar-refractivity contribution in [2.24, 2.45) is 10.8 Å². The van der Waals surface area contributed by atoms with E-state index in [0.29, 0.717) is 17.7 Å². The standard InChI is InChI=1S/C17H24O2.C15H18O5/c1-4-17(2,3)16(18)19-15-12-8-6-10-13-9-5-7-11-14(13)15;1-4-15(2,3)14(18)20-12-8-9-7-10(16)5-6-11(9)19-13(12)17/h5,7,9,11,15H,4,6,8,10,12H2,1-3H3;5-7,12,16H,4,8H2,1-3H3. The van der Waals surface area contributed by atoms with Crippen molar-refractivity contribution in [2.45, 2.75) is 98.7 Å². The van der Waals surface area contributed by atoms with Gasteiger partial charge in [0, 0.05) is 12.0 Å². The minimum Gasteiger partial charge on any atom is -0.508 e. The number of aromatic hydroxyl groups is 1. The molecular weight excluding hydrogens is 496 g/mol. The van der Waals surface area contributed by atoms with Gasteiger partial charge in [-0.05, 0) is 95.5 Å². The second-order valence-corrected chi connectivity index (χ2v) is 11.6. The molecule has 0 spiro atoms. The third kappa shape index (κ3) is 7.61. The Morgan fingerprint density at radius 2 is 1.51 bits per heavy atom. The molecule has 1 aliphatic heterocycles. The molecule has 0 fully saturated rings. The van der Waals surface area contributed by atoms with Crippen LogP contribution in [0.1, 0.15) is 96.4 Å². The molecule has 0 amide bonds. The van der Waals surface area contributed by atoms with Crippen molar-refractivity contribution < 1.29 is 33.7 Å². The molecule has 7 heteroatoms. The molecule has 39 heavy (non-hydrogen) atoms. The predicted molar refractivity (Wildman–Crippen MR) is 148 cm³/mol. The van der Waals surface area contributed by atoms with Crippen molar-refractivity contribution in [3.8, 4) is 11.5 Å². The largest absolute Gasteiger partial charge is 0.508 e. The zero-order chi connectivity index (χ0) is 28.8. The summed E-state index contributed by atoms with van der Waals surface area (Å²) in [6.45, 7) is 11.4. The Bertz CT molecular complexity index is 1180. The molecule has 0 saturated heterocycles. The van der Waals surface area contributed by atoms with Gasteiger partial charge in [0.05, 0.1) is 10.8 Å². The summed E-state index contributed by atoms with van der Waals surface area (Å²) in [6.07, 6.45) is 4.98. The molecular formula is C32H42O7. The fourth-order valence-corrected chi connectivity index (χ4v) is 4.24. The first-order valence-electron chi connectivity index (χ1n) is 13.9. The zero-order valence-electron chi connectivity index (χ0n) is 24.0. The maximum atomic E-state index is 12.3. The molecule has 2 aromatic carbocycles. The summed E-state index contributed by atoms with van der Waals surface area (Å²) < 4.78 is 16.2. The highest BCUT2D eigenvalue weighted by Crippen LogP contribution is 2.34. The van der Waals surface area contributed by atoms with E-state index in [-0.39, 0.29) is 29.7 Å². The first-order valence-corrected chi connectivity index (χ1v) is 13.9. The quantitative estimate of drug-likeness (QED) is 0.250. The molecule has 1 heterocycles. The Morgan fingerprint density at radius 3 is 2.15 bits per heavy atom. The minimum absolute atomic E-state index is 0.0583. The zero-order valence-corrected chi connectivity index (χ0v) is 24.0. The average Bonchev–Trinajstić information content (AvgIpc) is 3.11. The summed E-state index contributed by atoms with van der Waals surface area (Å²) in [5, 5.41) is 9.44. The normalized spacial score (nSPS) is 18.8. The van der Waals surface area contributed by atoms with Crippen LogP contribution in [0.4, 0.5) is 0 Å². The lowest BCUT2D eigenvalue weighted by molar-refractivity contribution is -0.170. The molecule has 0 aromatic heterocycles. The lowest BCUT2D eigenvalue weighted by atomic mass is 9.90. The number of carbonyl (C=O) groups is 3. The summed E-state index contributed by atoms with van der Waals surface area (Å²) >= 11 is 0. The van der Waals surface area contributed by atoms with Gasteiger partial charge in [0.15, 0.2) is 0 Å². The van der Waals surface area contributed by atoms with Gasteiger partial charge in [-0.15, -0.1) is 0 Å². The van der Waals surface area contributed by atoms with E-state index in [1.807, 2.05) is 33.8 Å². The Hall–Kier alpha value is -3.35. The van der Waals surface area contributed by atoms with Gasteiger partial charge in [-0.25, -0.2) is 4.79 Å². The van der Waals surface area contributed by atoms with Gasteiger partial charge < -0.3 is 19.3 Å². The van der Waals surface area contributed by atoms with E-state index in [9.17, 15) is 19.5 Å². The van der Waals surface area contributed by atoms with E-state index in [1.165, 1.54) is 35.7 Å². The van der Waals surface area contributed by atoms with Gasteiger partial charge in [0.2, 0.25) is 6.10 Å². The molecule has 2 atom stereocenters. The summed E-state index contributed by atoms with van der Waals surface area (Å²) in [6, 6.07) is 12.8. The average molecular weight is 539 g/mol. The second-order valence-electron chi connectivity index (χ2n) is 11.6. The van der Waals surface area contributed by atoms with Gasteiger partial charge in [-0.1, -0.05) is 38.1 Å². The van der Waals surface area contributed by atoms with E-state index in [0.717, 1.165) is 25.7 Å². The molecule has 4 rings (SSSR count). The van der Waals surface area contributed by atoms with Gasteiger partial charge in [-0.2, -0.15) is 0 Å². The Morgan fingerprint density at radius 1 is 0.897 bits per heavy atom. The fourth-order valence-electron chi connectivity index (χ4n) is 4.24. The number of phenols is 1. The summed E-state index contributed by atoms with van der Waals surface area (Å²) in [4.78, 5) is 36.1. The number of esters is 3. The minimum atomic E-state index is -0.956. The van der Waals surface area contributed by atoms with Crippen LogP contribution in [0.3, 0.4) is 0 Å². The lowest BCUT2D eigenvalue weighted by Crippen LogP contribution is -2.39. The number of carbonyl (C=O) groups excluding carboxylic acids is 3. The summed E-state index contributed by atoms with van der Waals surface area (Å²) in [5.41, 5.74) is 2.17. The highest BCUT2D eigenvalue weighted by molar-refractivity contribution is 5.84. The second kappa shape index (κ2) is 12.7. The van der Waals surface area contributed by atoms with Crippen molar-refractivity contribution in [3.63, 3.8) is 0 Å². The third-order valence-electron chi connectivity index (χ3n) is 7.86. The molecule has 2 aliphatic rings. The van der Waals surface area contributed by atoms with Crippen LogP contribution in [0.25, 0.3) is 0 Å². The van der Waals surface area contributed by atoms with Gasteiger partial charge in [-0.3, -0.25) is 9.59 Å². The molecule has 0 saturated carbocycles. The molecule has 212 valence electrons. The van der Waals surface area contributed by atoms with Crippen molar-refractivity contribution in [1.82, 2.24) is 0 Å². The van der Waals surface area contributed by atoms with Gasteiger partial charge in [0.25, 0.3) is 0 Å². The number of fused-ring (bicyclic) bond motifs is 2. The molecule has 0 radical (unpaired) electrons. The SMILES string of the molecule is CCC(C)(C)C(=O)OC1CCCCc2ccccc21.CCC(C)(C)C(=O)OC1Cc2cc(O)ccc2OC1=O. The van der Waals surface area contributed by atoms with Crippen LogP contribution in [-0.2, 0) is 36.7 Å². The van der Waals surface area contributed by atoms with Crippen LogP contribution in [0, 0.1) is 10.8 Å². The Kier molecular flexibility index (Phi) is 9.81. The van der Waals surface area contributed by atoms with Gasteiger partial charge >= 0.3 is 17.9 Å². The van der Waals surface area contributed by atoms with E-state index in [2.05, 4.69) is 18.2 Å². The first kappa shape index (κ1) is 30.2. The van der Waals surface area contributed by atoms with E-state index in [1.54, 1.807) is 13.8 Å². The van der Waals surface area contributed by atoms with Gasteiger partial charge in [0.1, 0.15) is 17.6 Å². The number of ether oxygens (including phenoxy) is 3. The molecule has 2 unspecified atom stereocenters. The fraction of sp³-hybridized carbons (Fsp3) is 0.531. The number of hydrogen-bond donors (Lipinski definition) is 1. The molecule has 1 N–H and O–H groups in total. The third-order valence-corrected chi connectivity index (χ3v) is 7.86. The number of aryl methyl sites for hydroxylation is 1. The first-order chi connectivity index (χ1) is 18.4. The highest BCUT2D eigenvalue weighted by atomic mass is 16.6. The number of hydrogen-bond acceptors (Lipinski definition) is 7. The summed E-state index contributed by atoms with van der Waals surface area (Å²) in [7, 11) is 0. The van der Waals surface area contributed by atoms with Crippen LogP contribution in [0.5, 0.6) is 11.5 Å². The number of benzene rings is 2. The lowest BCUT2D eigenvalue weighted by Gasteiger charge is -2.27. The van der Waals surface area contributed by atoms with Crippen LogP contribution in [0.2, 0.25) is 0 Å². The Labute approximate surface area is 231 Å². The van der Waals surface area contributed by atoms with E-state index < -0.39 is 23.5 Å². The molecule has 0 bridgehead atoms. The predicted octanol–water partition coefficient (Wildman–Crippen LogP) is 6.64. The van der Waals surface area contributed by atoms with E-state index in [4.69, 9.17) is 14.2 Å². The van der Waals surface area contributed by atoms with Crippen molar-refractivity contribution in [1.29, 1.82) is 0 Å². The number of rotatable bonds is 6. The maximum absolute atomic E-state index is 12.3. The van der Waals surface area contributed by atoms with Crippen molar-refractivity contribution >= 4 is 17.9 Å². The highest BCUT2D eigenvalue weighted by Gasteiger charge is 2.36. The molecule has 7 nitrogen and oxygen atoms in total. The smallest absolute Gasteiger partial charge is 0.353 e. The van der Waals surface area contributed by atoms with E-state index >= 15 is 0 Å². The van der Waals surface area contributed by atoms with Crippen LogP contribution >= 0.6 is 0 Å². The van der Waals surface area contributed by atoms with Crippen LogP contribution in [0.15, 0.2) is 42.5 Å². The van der Waals surface area contributed by atoms with Crippen LogP contribution < -0.4 is 4.74 Å². The topological polar surface area (TPSA) is 99.1 Å². The van der Waals surface area contributed by atoms with Crippen LogP contribution in [-0.4, -0.2) is 29.1 Å².